The van der Waals surface area contributed by atoms with Crippen LogP contribution < -0.4 is 15.4 Å². The van der Waals surface area contributed by atoms with Crippen LogP contribution in [0.3, 0.4) is 0 Å². The van der Waals surface area contributed by atoms with Crippen molar-refractivity contribution in [2.24, 2.45) is 4.99 Å². The number of guanidine groups is 1. The first-order valence-electron chi connectivity index (χ1n) is 8.87. The number of rotatable bonds is 11. The molecule has 0 spiro atoms. The van der Waals surface area contributed by atoms with Crippen molar-refractivity contribution in [3.8, 4) is 5.75 Å². The van der Waals surface area contributed by atoms with Crippen molar-refractivity contribution in [1.29, 1.82) is 0 Å². The molecule has 0 bridgehead atoms. The van der Waals surface area contributed by atoms with E-state index in [-0.39, 0.29) is 24.0 Å². The van der Waals surface area contributed by atoms with Crippen LogP contribution in [-0.2, 0) is 4.74 Å². The number of hydrogen-bond donors (Lipinski definition) is 2. The monoisotopic (exact) mass is 463 g/mol. The fraction of sp³-hybridized carbons (Fsp3) is 0.632. The molecule has 144 valence electrons. The van der Waals surface area contributed by atoms with Crippen molar-refractivity contribution in [3.63, 3.8) is 0 Å². The van der Waals surface area contributed by atoms with Crippen molar-refractivity contribution in [2.75, 3.05) is 40.5 Å². The van der Waals surface area contributed by atoms with E-state index in [0.717, 1.165) is 57.3 Å². The molecule has 2 N–H and O–H groups in total. The lowest BCUT2D eigenvalue weighted by atomic mass is 9.98. The highest BCUT2D eigenvalue weighted by atomic mass is 127. The average Bonchev–Trinajstić information content (AvgIpc) is 2.62. The van der Waals surface area contributed by atoms with E-state index >= 15 is 0 Å². The van der Waals surface area contributed by atoms with Crippen LogP contribution in [0, 0.1) is 0 Å². The van der Waals surface area contributed by atoms with Crippen molar-refractivity contribution in [2.45, 2.75) is 39.0 Å². The molecule has 0 aliphatic rings. The molecule has 0 aliphatic carbocycles. The maximum atomic E-state index is 5.33. The van der Waals surface area contributed by atoms with Gasteiger partial charge in [-0.05, 0) is 49.8 Å². The van der Waals surface area contributed by atoms with Gasteiger partial charge in [0.2, 0.25) is 0 Å². The molecule has 0 heterocycles. The smallest absolute Gasteiger partial charge is 0.190 e. The van der Waals surface area contributed by atoms with Crippen LogP contribution in [0.15, 0.2) is 29.3 Å². The summed E-state index contributed by atoms with van der Waals surface area (Å²) in [4.78, 5) is 4.26. The molecule has 0 saturated heterocycles. The molecule has 1 atom stereocenters. The number of hydrogen-bond acceptors (Lipinski definition) is 3. The van der Waals surface area contributed by atoms with E-state index in [1.165, 1.54) is 5.56 Å². The highest BCUT2D eigenvalue weighted by molar-refractivity contribution is 14.0. The third kappa shape index (κ3) is 10.5. The van der Waals surface area contributed by atoms with Crippen LogP contribution in [-0.4, -0.2) is 46.4 Å². The maximum absolute atomic E-state index is 5.33. The topological polar surface area (TPSA) is 54.9 Å². The molecule has 0 radical (unpaired) electrons. The van der Waals surface area contributed by atoms with Crippen LogP contribution in [0.5, 0.6) is 5.75 Å². The highest BCUT2D eigenvalue weighted by Gasteiger charge is 2.06. The van der Waals surface area contributed by atoms with Gasteiger partial charge in [0.25, 0.3) is 0 Å². The maximum Gasteiger partial charge on any atom is 0.190 e. The summed E-state index contributed by atoms with van der Waals surface area (Å²) in [6, 6.07) is 8.30. The first-order chi connectivity index (χ1) is 11.7. The fourth-order valence-electron chi connectivity index (χ4n) is 2.41. The normalized spacial score (nSPS) is 12.2. The molecule has 1 aromatic rings. The lowest BCUT2D eigenvalue weighted by molar-refractivity contribution is 0.143. The van der Waals surface area contributed by atoms with Gasteiger partial charge in [-0.3, -0.25) is 4.99 Å². The minimum atomic E-state index is 0. The molecule has 0 saturated carbocycles. The van der Waals surface area contributed by atoms with Gasteiger partial charge in [-0.15, -0.1) is 24.0 Å². The molecule has 1 aromatic carbocycles. The first kappa shape index (κ1) is 24.0. The average molecular weight is 463 g/mol. The third-order valence-corrected chi connectivity index (χ3v) is 3.99. The van der Waals surface area contributed by atoms with Gasteiger partial charge in [0, 0.05) is 33.4 Å². The van der Waals surface area contributed by atoms with Crippen LogP contribution in [0.4, 0.5) is 0 Å². The minimum Gasteiger partial charge on any atom is -0.497 e. The zero-order valence-electron chi connectivity index (χ0n) is 16.0. The SMILES string of the molecule is CCOCCCCNC(=NC)NCCC(C)c1ccc(OC)cc1.I. The van der Waals surface area contributed by atoms with E-state index in [4.69, 9.17) is 9.47 Å². The van der Waals surface area contributed by atoms with Crippen LogP contribution in [0.2, 0.25) is 0 Å². The molecule has 0 aliphatic heterocycles. The third-order valence-electron chi connectivity index (χ3n) is 3.99. The Morgan fingerprint density at radius 2 is 1.80 bits per heavy atom. The molecule has 6 heteroatoms. The van der Waals surface area contributed by atoms with Crippen LogP contribution >= 0.6 is 24.0 Å². The van der Waals surface area contributed by atoms with E-state index in [0.29, 0.717) is 5.92 Å². The molecule has 0 aromatic heterocycles. The summed E-state index contributed by atoms with van der Waals surface area (Å²) in [6.45, 7) is 7.71. The van der Waals surface area contributed by atoms with Gasteiger partial charge in [0.1, 0.15) is 5.75 Å². The summed E-state index contributed by atoms with van der Waals surface area (Å²) in [5.41, 5.74) is 1.33. The molecule has 1 unspecified atom stereocenters. The second-order valence-corrected chi connectivity index (χ2v) is 5.79. The van der Waals surface area contributed by atoms with Gasteiger partial charge in [-0.25, -0.2) is 0 Å². The predicted octanol–water partition coefficient (Wildman–Crippen LogP) is 3.79. The number of unbranched alkanes of at least 4 members (excludes halogenated alkanes) is 1. The lowest BCUT2D eigenvalue weighted by Crippen LogP contribution is -2.38. The molecule has 1 rings (SSSR count). The number of benzene rings is 1. The summed E-state index contributed by atoms with van der Waals surface area (Å²) in [5.74, 6) is 2.26. The van der Waals surface area contributed by atoms with Gasteiger partial charge in [-0.2, -0.15) is 0 Å². The minimum absolute atomic E-state index is 0. The van der Waals surface area contributed by atoms with Gasteiger partial charge in [0.05, 0.1) is 7.11 Å². The van der Waals surface area contributed by atoms with E-state index in [2.05, 4.69) is 34.7 Å². The number of halogens is 1. The quantitative estimate of drug-likeness (QED) is 0.227. The summed E-state index contributed by atoms with van der Waals surface area (Å²) in [5, 5.41) is 6.72. The first-order valence-corrected chi connectivity index (χ1v) is 8.87. The summed E-state index contributed by atoms with van der Waals surface area (Å²) in [6.07, 6.45) is 3.21. The standard InChI is InChI=1S/C19H33N3O2.HI/c1-5-24-15-7-6-13-21-19(20-3)22-14-12-16(2)17-8-10-18(23-4)11-9-17;/h8-11,16H,5-7,12-15H2,1-4H3,(H2,20,21,22);1H. The second kappa shape index (κ2) is 15.3. The molecule has 5 nitrogen and oxygen atoms in total. The van der Waals surface area contributed by atoms with E-state index < -0.39 is 0 Å². The fourth-order valence-corrected chi connectivity index (χ4v) is 2.41. The molecule has 25 heavy (non-hydrogen) atoms. The molecule has 0 fully saturated rings. The Morgan fingerprint density at radius 3 is 2.40 bits per heavy atom. The zero-order valence-corrected chi connectivity index (χ0v) is 18.3. The Bertz CT molecular complexity index is 466. The Labute approximate surface area is 170 Å². The van der Waals surface area contributed by atoms with Gasteiger partial charge >= 0.3 is 0 Å². The molecule has 0 amide bonds. The van der Waals surface area contributed by atoms with Crippen LogP contribution in [0.1, 0.15) is 44.6 Å². The van der Waals surface area contributed by atoms with Crippen molar-refractivity contribution >= 4 is 29.9 Å². The van der Waals surface area contributed by atoms with Gasteiger partial charge < -0.3 is 20.1 Å². The second-order valence-electron chi connectivity index (χ2n) is 5.79. The number of ether oxygens (including phenoxy) is 2. The van der Waals surface area contributed by atoms with Gasteiger partial charge in [0.15, 0.2) is 5.96 Å². The Kier molecular flexibility index (Phi) is 14.6. The summed E-state index contributed by atoms with van der Waals surface area (Å²) >= 11 is 0. The van der Waals surface area contributed by atoms with E-state index in [1.807, 2.05) is 26.1 Å². The highest BCUT2D eigenvalue weighted by Crippen LogP contribution is 2.21. The predicted molar refractivity (Wildman–Crippen MR) is 117 cm³/mol. The van der Waals surface area contributed by atoms with Crippen LogP contribution in [0.25, 0.3) is 0 Å². The Balaban J connectivity index is 0.00000576. The lowest BCUT2D eigenvalue weighted by Gasteiger charge is -2.15. The number of methoxy groups -OCH3 is 1. The summed E-state index contributed by atoms with van der Waals surface area (Å²) < 4.78 is 10.5. The molecular formula is C19H34IN3O2. The number of nitrogens with zero attached hydrogens (tertiary/aromatic N) is 1. The Morgan fingerprint density at radius 1 is 1.12 bits per heavy atom. The van der Waals surface area contributed by atoms with Gasteiger partial charge in [-0.1, -0.05) is 19.1 Å². The number of aliphatic imine (C=N–C) groups is 1. The summed E-state index contributed by atoms with van der Waals surface area (Å²) in [7, 11) is 3.50. The van der Waals surface area contributed by atoms with Crippen molar-refractivity contribution in [1.82, 2.24) is 10.6 Å². The largest absolute Gasteiger partial charge is 0.497 e. The van der Waals surface area contributed by atoms with Crippen molar-refractivity contribution in [3.05, 3.63) is 29.8 Å². The van der Waals surface area contributed by atoms with Crippen molar-refractivity contribution < 1.29 is 9.47 Å². The Hall–Kier alpha value is -1.02. The van der Waals surface area contributed by atoms with E-state index in [9.17, 15) is 0 Å². The molecular weight excluding hydrogens is 429 g/mol. The zero-order chi connectivity index (χ0) is 17.6. The number of nitrogens with one attached hydrogen (secondary N) is 2. The van der Waals surface area contributed by atoms with E-state index in [1.54, 1.807) is 7.11 Å².